The molecule has 4 aliphatic rings. The zero-order chi connectivity index (χ0) is 50.5. The predicted molar refractivity (Wildman–Crippen MR) is 249 cm³/mol. The quantitative estimate of drug-likeness (QED) is 0.0583. The summed E-state index contributed by atoms with van der Waals surface area (Å²) in [5, 5.41) is 1.000. The standard InChI is InChI=1S/C44H55N3O17S4/c1-43(2,3)39-28-31(34-17-15-32(29-37(34)63-39)45(22-9-25-65(51,52)53)23-10-26-66(54,55)56)12-6-5-7-13-38-44(4,21-8-14-42(50)64-47-40(48)19-20-41(47)49)35-30-33(68(60,61)62)16-18-36(35)46(38)24-11-27-67(57,58)59/h5-7,12-13,15-18,28-30H,8-11,14,19-27H2,1-4H3,(H3-,51,52,53,54,55,56,57,58,59,60,61,62). The number of carbonyl (C=O) groups excluding carboxylic acids is 3. The van der Waals surface area contributed by atoms with Gasteiger partial charge in [-0.1, -0.05) is 45.1 Å². The highest BCUT2D eigenvalue weighted by atomic mass is 32.2. The fourth-order valence-corrected chi connectivity index (χ4v) is 9.99. The first-order chi connectivity index (χ1) is 31.4. The first-order valence-electron chi connectivity index (χ1n) is 21.5. The van der Waals surface area contributed by atoms with Crippen molar-refractivity contribution >= 4 is 70.0 Å². The number of fused-ring (bicyclic) bond motifs is 2. The molecule has 3 heterocycles. The van der Waals surface area contributed by atoms with E-state index in [0.717, 1.165) is 5.56 Å². The second kappa shape index (κ2) is 21.3. The van der Waals surface area contributed by atoms with E-state index in [1.807, 2.05) is 32.9 Å². The summed E-state index contributed by atoms with van der Waals surface area (Å²) >= 11 is 0. The van der Waals surface area contributed by atoms with Crippen LogP contribution in [0.15, 0.2) is 81.8 Å². The third kappa shape index (κ3) is 14.7. The Morgan fingerprint density at radius 1 is 0.838 bits per heavy atom. The van der Waals surface area contributed by atoms with Crippen LogP contribution in [0.2, 0.25) is 0 Å². The molecule has 1 fully saturated rings. The van der Waals surface area contributed by atoms with Crippen LogP contribution in [-0.4, -0.2) is 112 Å². The Hall–Kier alpha value is -5.08. The highest BCUT2D eigenvalue weighted by Crippen LogP contribution is 2.51. The number of benzene rings is 2. The second-order valence-electron chi connectivity index (χ2n) is 17.7. The molecule has 372 valence electrons. The van der Waals surface area contributed by atoms with Crippen LogP contribution in [0.5, 0.6) is 0 Å². The number of hydrogen-bond donors (Lipinski definition) is 3. The van der Waals surface area contributed by atoms with Crippen LogP contribution in [0.4, 0.5) is 5.69 Å². The van der Waals surface area contributed by atoms with Gasteiger partial charge in [-0.3, -0.25) is 23.2 Å². The Morgan fingerprint density at radius 3 is 2.04 bits per heavy atom. The molecule has 0 aromatic heterocycles. The smallest absolute Gasteiger partial charge is 0.333 e. The summed E-state index contributed by atoms with van der Waals surface area (Å²) in [6.07, 6.45) is 8.40. The van der Waals surface area contributed by atoms with Crippen LogP contribution in [-0.2, 0) is 70.5 Å². The van der Waals surface area contributed by atoms with Gasteiger partial charge in [0.2, 0.25) is 5.36 Å². The van der Waals surface area contributed by atoms with E-state index in [1.165, 1.54) is 18.2 Å². The summed E-state index contributed by atoms with van der Waals surface area (Å²) < 4.78 is 142. The Kier molecular flexibility index (Phi) is 16.9. The average Bonchev–Trinajstić information content (AvgIpc) is 3.64. The van der Waals surface area contributed by atoms with Gasteiger partial charge in [-0.05, 0) is 73.7 Å². The Bertz CT molecular complexity index is 2970. The Morgan fingerprint density at radius 2 is 1.47 bits per heavy atom. The number of nitrogens with zero attached hydrogens (tertiary/aromatic N) is 3. The lowest BCUT2D eigenvalue weighted by Crippen LogP contribution is -2.33. The summed E-state index contributed by atoms with van der Waals surface area (Å²) in [7, 11) is -17.8. The molecule has 0 spiro atoms. The van der Waals surface area contributed by atoms with Gasteiger partial charge in [-0.25, -0.2) is 17.8 Å². The van der Waals surface area contributed by atoms with E-state index in [0.29, 0.717) is 44.5 Å². The minimum absolute atomic E-state index is 0.00158. The van der Waals surface area contributed by atoms with E-state index < -0.39 is 91.2 Å². The molecule has 0 bridgehead atoms. The lowest BCUT2D eigenvalue weighted by Gasteiger charge is -2.30. The maximum absolute atomic E-state index is 12.8. The summed E-state index contributed by atoms with van der Waals surface area (Å²) in [5.41, 5.74) is 1.20. The van der Waals surface area contributed by atoms with Crippen molar-refractivity contribution < 1.29 is 75.5 Å². The van der Waals surface area contributed by atoms with Crippen LogP contribution in [0, 0.1) is 0 Å². The van der Waals surface area contributed by atoms with E-state index in [1.54, 1.807) is 58.9 Å². The van der Waals surface area contributed by atoms with Gasteiger partial charge in [0.25, 0.3) is 42.2 Å². The van der Waals surface area contributed by atoms with Crippen molar-refractivity contribution in [3.8, 4) is 11.3 Å². The lowest BCUT2D eigenvalue weighted by atomic mass is 9.77. The van der Waals surface area contributed by atoms with Gasteiger partial charge in [0.05, 0.1) is 32.6 Å². The van der Waals surface area contributed by atoms with E-state index in [9.17, 15) is 66.3 Å². The van der Waals surface area contributed by atoms with Crippen LogP contribution >= 0.6 is 0 Å². The molecule has 1 aliphatic carbocycles. The zero-order valence-electron chi connectivity index (χ0n) is 37.9. The molecule has 1 atom stereocenters. The van der Waals surface area contributed by atoms with E-state index in [4.69, 9.17) is 9.25 Å². The Balaban J connectivity index is 1.54. The molecule has 5 rings (SSSR count). The first kappa shape index (κ1) is 53.9. The van der Waals surface area contributed by atoms with Crippen molar-refractivity contribution in [1.82, 2.24) is 9.64 Å². The fraction of sp³-hybridized carbons (Fsp3) is 0.455. The summed E-state index contributed by atoms with van der Waals surface area (Å²) in [4.78, 5) is 43.2. The highest BCUT2D eigenvalue weighted by Gasteiger charge is 2.44. The van der Waals surface area contributed by atoms with Gasteiger partial charge < -0.3 is 18.7 Å². The molecule has 2 amide bonds. The third-order valence-electron chi connectivity index (χ3n) is 11.3. The van der Waals surface area contributed by atoms with E-state index in [-0.39, 0.29) is 71.0 Å². The molecule has 68 heavy (non-hydrogen) atoms. The van der Waals surface area contributed by atoms with Gasteiger partial charge in [0, 0.05) is 78.2 Å². The summed E-state index contributed by atoms with van der Waals surface area (Å²) in [5.74, 6) is -2.86. The van der Waals surface area contributed by atoms with Crippen molar-refractivity contribution in [2.75, 3.05) is 41.8 Å². The molecule has 0 radical (unpaired) electrons. The number of hydrogen-bond acceptors (Lipinski definition) is 15. The molecule has 1 unspecified atom stereocenters. The number of allylic oxidation sites excluding steroid dienone is 5. The minimum atomic E-state index is -4.70. The predicted octanol–water partition coefficient (Wildman–Crippen LogP) is 4.20. The van der Waals surface area contributed by atoms with Crippen LogP contribution in [0.1, 0.15) is 95.9 Å². The first-order valence-corrected chi connectivity index (χ1v) is 27.7. The van der Waals surface area contributed by atoms with E-state index in [2.05, 4.69) is 0 Å². The van der Waals surface area contributed by atoms with Gasteiger partial charge in [-0.2, -0.15) is 25.3 Å². The number of anilines is 1. The van der Waals surface area contributed by atoms with Gasteiger partial charge in [0.1, 0.15) is 24.6 Å². The van der Waals surface area contributed by atoms with Crippen molar-refractivity contribution in [3.63, 3.8) is 0 Å². The van der Waals surface area contributed by atoms with Gasteiger partial charge in [0.15, 0.2) is 0 Å². The molecular formula is C44H55N3O17S4. The average molecular weight is 1030 g/mol. The summed E-state index contributed by atoms with van der Waals surface area (Å²) in [6, 6.07) is 11.0. The molecule has 1 aromatic carbocycles. The van der Waals surface area contributed by atoms with Crippen molar-refractivity contribution in [3.05, 3.63) is 94.7 Å². The topological polar surface area (TPSA) is 303 Å². The molecule has 1 saturated heterocycles. The molecule has 3 aliphatic heterocycles. The number of amides is 2. The summed E-state index contributed by atoms with van der Waals surface area (Å²) in [6.45, 7) is 7.86. The van der Waals surface area contributed by atoms with Gasteiger partial charge >= 0.3 is 5.97 Å². The third-order valence-corrected chi connectivity index (χ3v) is 14.6. The normalized spacial score (nSPS) is 17.9. The molecule has 1 aromatic rings. The number of hydroxylamine groups is 2. The van der Waals surface area contributed by atoms with Crippen molar-refractivity contribution in [2.45, 2.75) is 94.8 Å². The maximum atomic E-state index is 12.8. The highest BCUT2D eigenvalue weighted by molar-refractivity contribution is 7.86. The van der Waals surface area contributed by atoms with E-state index >= 15 is 0 Å². The largest absolute Gasteiger partial charge is 0.748 e. The molecule has 3 N–H and O–H groups in total. The van der Waals surface area contributed by atoms with Crippen LogP contribution in [0.3, 0.4) is 0 Å². The van der Waals surface area contributed by atoms with Crippen LogP contribution < -0.4 is 14.8 Å². The molecule has 24 heteroatoms. The second-order valence-corrected chi connectivity index (χ2v) is 23.8. The number of imide groups is 1. The number of carbonyl (C=O) groups is 3. The fourth-order valence-electron chi connectivity index (χ4n) is 8.01. The molecule has 0 saturated carbocycles. The van der Waals surface area contributed by atoms with Gasteiger partial charge in [-0.15, -0.1) is 5.06 Å². The Labute approximate surface area is 396 Å². The minimum Gasteiger partial charge on any atom is -0.748 e. The number of rotatable bonds is 21. The van der Waals surface area contributed by atoms with Crippen molar-refractivity contribution in [1.29, 1.82) is 0 Å². The van der Waals surface area contributed by atoms with Crippen molar-refractivity contribution in [2.24, 2.45) is 0 Å². The maximum Gasteiger partial charge on any atom is 0.333 e. The monoisotopic (exact) mass is 1030 g/mol. The molecular weight excluding hydrogens is 971 g/mol. The molecule has 20 nitrogen and oxygen atoms in total. The lowest BCUT2D eigenvalue weighted by molar-refractivity contribution is -0.197. The zero-order valence-corrected chi connectivity index (χ0v) is 41.1. The van der Waals surface area contributed by atoms with Crippen LogP contribution in [0.25, 0.3) is 17.4 Å². The SMILES string of the molecule is CC(C)(C)c1cc(/C=C/C=C/C=C2\N(CCCS(=O)(=O)[O-])c3ccc(S(=O)(=O)O)cc3C2(C)CCCC(=O)ON2C(=O)CCC2=O)c2ccc(=[N+](CCCS(=O)(=O)O)CCCS(=O)(=O)O)cc-2o1.